The first-order valence-corrected chi connectivity index (χ1v) is 14.1. The second kappa shape index (κ2) is 7.42. The van der Waals surface area contributed by atoms with Gasteiger partial charge in [-0.05, 0) is 94.4 Å². The fourth-order valence-electron chi connectivity index (χ4n) is 6.26. The van der Waals surface area contributed by atoms with Gasteiger partial charge >= 0.3 is 0 Å². The number of rotatable bonds is 5. The summed E-state index contributed by atoms with van der Waals surface area (Å²) in [6.45, 7) is 3.86. The highest BCUT2D eigenvalue weighted by Gasteiger charge is 2.52. The molecule has 0 radical (unpaired) electrons. The van der Waals surface area contributed by atoms with Gasteiger partial charge in [-0.15, -0.1) is 0 Å². The van der Waals surface area contributed by atoms with Gasteiger partial charge in [-0.3, -0.25) is 0 Å². The summed E-state index contributed by atoms with van der Waals surface area (Å²) in [7, 11) is -7.47. The first-order chi connectivity index (χ1) is 14.6. The summed E-state index contributed by atoms with van der Waals surface area (Å²) >= 11 is 0. The van der Waals surface area contributed by atoms with Gasteiger partial charge in [0.05, 0.1) is 9.79 Å². The molecule has 0 aliphatic heterocycles. The molecule has 0 heterocycles. The minimum atomic E-state index is -4.09. The SMILES string of the molecule is Cc1ccc(S(=O)(=O)N=S(=O)(NC23CC4CC(CC(C4)C2)C3)c2ccc(C)cc2)cc1. The van der Waals surface area contributed by atoms with Gasteiger partial charge in [-0.25, -0.2) is 8.93 Å². The summed E-state index contributed by atoms with van der Waals surface area (Å²) in [5.41, 5.74) is 1.70. The Balaban J connectivity index is 1.60. The van der Waals surface area contributed by atoms with E-state index < -0.39 is 19.9 Å². The quantitative estimate of drug-likeness (QED) is 0.686. The lowest BCUT2D eigenvalue weighted by atomic mass is 9.53. The molecule has 0 amide bonds. The number of nitrogens with one attached hydrogen (secondary N) is 1. The van der Waals surface area contributed by atoms with E-state index in [-0.39, 0.29) is 10.4 Å². The minimum absolute atomic E-state index is 0.0743. The molecule has 1 unspecified atom stereocenters. The molecule has 7 heteroatoms. The van der Waals surface area contributed by atoms with Gasteiger partial charge in [0, 0.05) is 5.54 Å². The number of aryl methyl sites for hydroxylation is 2. The highest BCUT2D eigenvalue weighted by Crippen LogP contribution is 2.56. The third-order valence-electron chi connectivity index (χ3n) is 7.26. The van der Waals surface area contributed by atoms with E-state index in [2.05, 4.69) is 8.49 Å². The van der Waals surface area contributed by atoms with Crippen molar-refractivity contribution in [2.45, 2.75) is 67.7 Å². The van der Waals surface area contributed by atoms with Gasteiger partial charge in [0.1, 0.15) is 0 Å². The van der Waals surface area contributed by atoms with Crippen LogP contribution in [0.1, 0.15) is 49.7 Å². The summed E-state index contributed by atoms with van der Waals surface area (Å²) in [6.07, 6.45) is 6.65. The molecule has 0 saturated heterocycles. The van der Waals surface area contributed by atoms with Crippen LogP contribution in [0.3, 0.4) is 0 Å². The van der Waals surface area contributed by atoms with Crippen molar-refractivity contribution in [2.75, 3.05) is 0 Å². The molecule has 6 rings (SSSR count). The van der Waals surface area contributed by atoms with Crippen molar-refractivity contribution in [2.24, 2.45) is 21.5 Å². The van der Waals surface area contributed by atoms with E-state index in [0.29, 0.717) is 22.6 Å². The van der Waals surface area contributed by atoms with E-state index >= 15 is 0 Å². The van der Waals surface area contributed by atoms with E-state index in [4.69, 9.17) is 0 Å². The van der Waals surface area contributed by atoms with Gasteiger partial charge in [0.15, 0.2) is 9.92 Å². The van der Waals surface area contributed by atoms with E-state index in [1.165, 1.54) is 31.4 Å². The van der Waals surface area contributed by atoms with Gasteiger partial charge in [-0.1, -0.05) is 39.2 Å². The molecule has 4 fully saturated rings. The predicted molar refractivity (Wildman–Crippen MR) is 122 cm³/mol. The van der Waals surface area contributed by atoms with Crippen LogP contribution >= 0.6 is 0 Å². The number of sulfonamides is 1. The normalized spacial score (nSPS) is 31.4. The Morgan fingerprint density at radius 1 is 0.742 bits per heavy atom. The van der Waals surface area contributed by atoms with Crippen LogP contribution in [0.4, 0.5) is 0 Å². The largest absolute Gasteiger partial charge is 0.291 e. The van der Waals surface area contributed by atoms with E-state index in [1.807, 2.05) is 26.0 Å². The number of nitrogens with zero attached hydrogens (tertiary/aromatic N) is 1. The Labute approximate surface area is 186 Å². The third kappa shape index (κ3) is 4.08. The van der Waals surface area contributed by atoms with Crippen molar-refractivity contribution in [3.05, 3.63) is 59.7 Å². The molecule has 2 aromatic carbocycles. The summed E-state index contributed by atoms with van der Waals surface area (Å²) in [4.78, 5) is 0.509. The van der Waals surface area contributed by atoms with Crippen LogP contribution in [0, 0.1) is 31.6 Å². The average molecular weight is 459 g/mol. The molecule has 4 aliphatic rings. The summed E-state index contributed by atoms with van der Waals surface area (Å²) in [6, 6.07) is 13.8. The zero-order chi connectivity index (χ0) is 21.9. The van der Waals surface area contributed by atoms with E-state index in [9.17, 15) is 12.6 Å². The summed E-state index contributed by atoms with van der Waals surface area (Å²) in [5.74, 6) is 1.94. The molecule has 4 saturated carbocycles. The van der Waals surface area contributed by atoms with Crippen molar-refractivity contribution in [1.29, 1.82) is 0 Å². The van der Waals surface area contributed by atoms with Crippen LogP contribution in [0.25, 0.3) is 0 Å². The van der Waals surface area contributed by atoms with Crippen LogP contribution in [-0.2, 0) is 19.9 Å². The molecular weight excluding hydrogens is 428 g/mol. The van der Waals surface area contributed by atoms with Crippen LogP contribution in [0.15, 0.2) is 62.1 Å². The maximum atomic E-state index is 14.4. The van der Waals surface area contributed by atoms with Gasteiger partial charge in [0.2, 0.25) is 0 Å². The van der Waals surface area contributed by atoms with Crippen LogP contribution in [-0.4, -0.2) is 18.2 Å². The lowest BCUT2D eigenvalue weighted by Gasteiger charge is -2.57. The standard InChI is InChI=1S/C24H30N2O3S2/c1-17-3-7-22(8-4-17)30(27,26-31(28,29)23-9-5-18(2)6-10-23)25-24-14-19-11-20(15-24)13-21(12-19)16-24/h3-10,19-21H,11-16H2,1-2H3,(H,25,26,27). The van der Waals surface area contributed by atoms with Gasteiger partial charge < -0.3 is 0 Å². The molecule has 4 aliphatic carbocycles. The van der Waals surface area contributed by atoms with Crippen molar-refractivity contribution in [3.63, 3.8) is 0 Å². The number of hydrogen-bond donors (Lipinski definition) is 1. The molecule has 31 heavy (non-hydrogen) atoms. The second-order valence-electron chi connectivity index (χ2n) is 10.0. The maximum Gasteiger partial charge on any atom is 0.291 e. The highest BCUT2D eigenvalue weighted by atomic mass is 32.3. The third-order valence-corrected chi connectivity index (χ3v) is 11.4. The van der Waals surface area contributed by atoms with Crippen LogP contribution < -0.4 is 4.72 Å². The Morgan fingerprint density at radius 3 is 1.61 bits per heavy atom. The molecule has 166 valence electrons. The maximum absolute atomic E-state index is 14.4. The Kier molecular flexibility index (Phi) is 5.07. The van der Waals surface area contributed by atoms with Crippen molar-refractivity contribution in [1.82, 2.24) is 4.72 Å². The fraction of sp³-hybridized carbons (Fsp3) is 0.500. The number of hydrogen-bond acceptors (Lipinski definition) is 3. The summed E-state index contributed by atoms with van der Waals surface area (Å²) < 4.78 is 48.3. The monoisotopic (exact) mass is 458 g/mol. The molecule has 5 nitrogen and oxygen atoms in total. The minimum Gasteiger partial charge on any atom is -0.228 e. The average Bonchev–Trinajstić information content (AvgIpc) is 2.66. The van der Waals surface area contributed by atoms with Crippen LogP contribution in [0.2, 0.25) is 0 Å². The van der Waals surface area contributed by atoms with Crippen molar-refractivity contribution >= 4 is 19.9 Å². The molecular formula is C24H30N2O3S2. The lowest BCUT2D eigenvalue weighted by molar-refractivity contribution is -0.00768. The fourth-order valence-corrected chi connectivity index (χ4v) is 10.1. The Bertz CT molecular complexity index is 1170. The zero-order valence-corrected chi connectivity index (χ0v) is 19.7. The zero-order valence-electron chi connectivity index (χ0n) is 18.1. The number of benzene rings is 2. The van der Waals surface area contributed by atoms with E-state index in [0.717, 1.165) is 30.4 Å². The first-order valence-electron chi connectivity index (χ1n) is 11.1. The second-order valence-corrected chi connectivity index (χ2v) is 13.7. The molecule has 1 N–H and O–H groups in total. The van der Waals surface area contributed by atoms with Gasteiger partial charge in [-0.2, -0.15) is 8.42 Å². The Hall–Kier alpha value is -1.70. The predicted octanol–water partition coefficient (Wildman–Crippen LogP) is 4.99. The molecule has 0 aromatic heterocycles. The molecule has 2 aromatic rings. The van der Waals surface area contributed by atoms with Crippen molar-refractivity contribution < 1.29 is 12.6 Å². The van der Waals surface area contributed by atoms with Gasteiger partial charge in [0.25, 0.3) is 10.0 Å². The first kappa shape index (κ1) is 21.2. The molecule has 4 bridgehead atoms. The smallest absolute Gasteiger partial charge is 0.228 e. The van der Waals surface area contributed by atoms with Crippen molar-refractivity contribution in [3.8, 4) is 0 Å². The van der Waals surface area contributed by atoms with E-state index in [1.54, 1.807) is 24.3 Å². The highest BCUT2D eigenvalue weighted by molar-refractivity contribution is 8.02. The topological polar surface area (TPSA) is 75.6 Å². The van der Waals surface area contributed by atoms with Crippen LogP contribution in [0.5, 0.6) is 0 Å². The molecule has 0 spiro atoms. The Morgan fingerprint density at radius 2 is 1.16 bits per heavy atom. The summed E-state index contributed by atoms with van der Waals surface area (Å²) in [5, 5.41) is 0. The molecule has 1 atom stereocenters. The lowest BCUT2D eigenvalue weighted by Crippen LogP contribution is -2.59.